The quantitative estimate of drug-likeness (QED) is 0.202. The van der Waals surface area contributed by atoms with Crippen molar-refractivity contribution in [1.82, 2.24) is 0 Å². The van der Waals surface area contributed by atoms with Crippen LogP contribution in [0.5, 0.6) is 17.2 Å². The number of hydrogen-bond donors (Lipinski definition) is 1. The van der Waals surface area contributed by atoms with Crippen LogP contribution in [0.4, 0.5) is 0 Å². The van der Waals surface area contributed by atoms with E-state index in [0.717, 1.165) is 51.3 Å². The lowest BCUT2D eigenvalue weighted by Gasteiger charge is -2.17. The number of rotatable bonds is 9. The maximum atomic E-state index is 9.83. The average molecular weight is 471 g/mol. The summed E-state index contributed by atoms with van der Waals surface area (Å²) in [6, 6.07) is 33.6. The first kappa shape index (κ1) is 23.5. The Morgan fingerprint density at radius 3 is 1.88 bits per heavy atom. The minimum atomic E-state index is 0.240. The van der Waals surface area contributed by atoms with Crippen LogP contribution in [0.3, 0.4) is 0 Å². The van der Waals surface area contributed by atoms with E-state index in [-0.39, 0.29) is 5.75 Å². The van der Waals surface area contributed by atoms with Gasteiger partial charge < -0.3 is 14.6 Å². The zero-order valence-electron chi connectivity index (χ0n) is 19.1. The Kier molecular flexibility index (Phi) is 7.90. The molecule has 172 valence electrons. The monoisotopic (exact) mass is 470 g/mol. The molecule has 4 rings (SSSR count). The molecular formula is C30H27ClO3. The Bertz CT molecular complexity index is 1210. The number of hydrogen-bond acceptors (Lipinski definition) is 3. The summed E-state index contributed by atoms with van der Waals surface area (Å²) in [5, 5.41) is 9.83. The molecule has 0 fully saturated rings. The summed E-state index contributed by atoms with van der Waals surface area (Å²) in [5.41, 5.74) is 6.54. The topological polar surface area (TPSA) is 38.7 Å². The number of phenols is 1. The number of aromatic hydroxyl groups is 1. The third kappa shape index (κ3) is 5.81. The first-order valence-electron chi connectivity index (χ1n) is 11.2. The van der Waals surface area contributed by atoms with E-state index in [0.29, 0.717) is 12.5 Å². The molecule has 1 N–H and O–H groups in total. The number of halogens is 1. The van der Waals surface area contributed by atoms with Crippen molar-refractivity contribution in [2.24, 2.45) is 0 Å². The van der Waals surface area contributed by atoms with Gasteiger partial charge in [0.1, 0.15) is 23.9 Å². The minimum absolute atomic E-state index is 0.240. The SMILES string of the molecule is COc1ccc(COc2ccc(/C(=C(\CCCl)c3ccccc3)c3ccc(O)cc3)cc2)cc1. The van der Waals surface area contributed by atoms with Gasteiger partial charge in [-0.3, -0.25) is 0 Å². The average Bonchev–Trinajstić information content (AvgIpc) is 2.89. The van der Waals surface area contributed by atoms with Crippen molar-refractivity contribution in [2.75, 3.05) is 13.0 Å². The molecule has 3 nitrogen and oxygen atoms in total. The van der Waals surface area contributed by atoms with Crippen LogP contribution >= 0.6 is 11.6 Å². The third-order valence-corrected chi connectivity index (χ3v) is 5.82. The standard InChI is InChI=1S/C30H27ClO3/c1-33-27-15-7-22(8-16-27)21-34-28-17-11-25(12-18-28)30(24-9-13-26(32)14-10-24)29(19-20-31)23-5-3-2-4-6-23/h2-18,32H,19-21H2,1H3/b30-29+. The summed E-state index contributed by atoms with van der Waals surface area (Å²) in [6.45, 7) is 0.478. The van der Waals surface area contributed by atoms with E-state index < -0.39 is 0 Å². The Morgan fingerprint density at radius 1 is 0.706 bits per heavy atom. The van der Waals surface area contributed by atoms with Gasteiger partial charge in [-0.15, -0.1) is 11.6 Å². The molecule has 0 radical (unpaired) electrons. The van der Waals surface area contributed by atoms with Gasteiger partial charge in [-0.25, -0.2) is 0 Å². The van der Waals surface area contributed by atoms with Crippen LogP contribution < -0.4 is 9.47 Å². The molecule has 0 spiro atoms. The molecule has 0 aromatic heterocycles. The molecule has 0 amide bonds. The molecule has 0 bridgehead atoms. The van der Waals surface area contributed by atoms with Gasteiger partial charge in [0, 0.05) is 5.88 Å². The summed E-state index contributed by atoms with van der Waals surface area (Å²) in [4.78, 5) is 0. The van der Waals surface area contributed by atoms with E-state index >= 15 is 0 Å². The van der Waals surface area contributed by atoms with Gasteiger partial charge in [0.2, 0.25) is 0 Å². The Labute approximate surface area is 205 Å². The zero-order chi connectivity index (χ0) is 23.8. The van der Waals surface area contributed by atoms with Crippen molar-refractivity contribution in [3.63, 3.8) is 0 Å². The summed E-state index contributed by atoms with van der Waals surface area (Å²) < 4.78 is 11.2. The van der Waals surface area contributed by atoms with Crippen molar-refractivity contribution in [2.45, 2.75) is 13.0 Å². The van der Waals surface area contributed by atoms with Gasteiger partial charge in [-0.1, -0.05) is 66.7 Å². The van der Waals surface area contributed by atoms with Gasteiger partial charge >= 0.3 is 0 Å². The molecule has 0 aliphatic rings. The number of phenolic OH excluding ortho intramolecular Hbond substituents is 1. The van der Waals surface area contributed by atoms with Crippen LogP contribution in [0, 0.1) is 0 Å². The smallest absolute Gasteiger partial charge is 0.119 e. The van der Waals surface area contributed by atoms with Crippen molar-refractivity contribution >= 4 is 22.7 Å². The molecule has 4 heteroatoms. The highest BCUT2D eigenvalue weighted by Crippen LogP contribution is 2.36. The molecule has 0 atom stereocenters. The Balaban J connectivity index is 1.66. The van der Waals surface area contributed by atoms with Crippen LogP contribution in [0.1, 0.15) is 28.7 Å². The maximum absolute atomic E-state index is 9.83. The number of allylic oxidation sites excluding steroid dienone is 1. The highest BCUT2D eigenvalue weighted by Gasteiger charge is 2.14. The van der Waals surface area contributed by atoms with Gasteiger partial charge in [-0.05, 0) is 76.2 Å². The normalized spacial score (nSPS) is 11.6. The minimum Gasteiger partial charge on any atom is -0.508 e. The number of benzene rings is 4. The van der Waals surface area contributed by atoms with Crippen LogP contribution in [-0.4, -0.2) is 18.1 Å². The second kappa shape index (κ2) is 11.4. The molecular weight excluding hydrogens is 444 g/mol. The summed E-state index contributed by atoms with van der Waals surface area (Å²) in [6.07, 6.45) is 0.720. The molecule has 0 unspecified atom stereocenters. The van der Waals surface area contributed by atoms with E-state index in [1.54, 1.807) is 19.2 Å². The van der Waals surface area contributed by atoms with Crippen molar-refractivity contribution < 1.29 is 14.6 Å². The fourth-order valence-corrected chi connectivity index (χ4v) is 4.09. The van der Waals surface area contributed by atoms with E-state index in [1.165, 1.54) is 0 Å². The molecule has 34 heavy (non-hydrogen) atoms. The molecule has 0 aliphatic carbocycles. The second-order valence-corrected chi connectivity index (χ2v) is 8.24. The maximum Gasteiger partial charge on any atom is 0.119 e. The van der Waals surface area contributed by atoms with Crippen molar-refractivity contribution in [3.05, 3.63) is 125 Å². The largest absolute Gasteiger partial charge is 0.508 e. The van der Waals surface area contributed by atoms with E-state index in [9.17, 15) is 5.11 Å². The fourth-order valence-electron chi connectivity index (χ4n) is 3.90. The number of methoxy groups -OCH3 is 1. The van der Waals surface area contributed by atoms with Gasteiger partial charge in [0.25, 0.3) is 0 Å². The lowest BCUT2D eigenvalue weighted by Crippen LogP contribution is -1.98. The van der Waals surface area contributed by atoms with E-state index in [4.69, 9.17) is 21.1 Å². The molecule has 0 aliphatic heterocycles. The first-order valence-corrected chi connectivity index (χ1v) is 11.7. The summed E-state index contributed by atoms with van der Waals surface area (Å²) >= 11 is 6.23. The van der Waals surface area contributed by atoms with Crippen LogP contribution in [-0.2, 0) is 6.61 Å². The van der Waals surface area contributed by atoms with Gasteiger partial charge in [0.05, 0.1) is 7.11 Å². The Hall–Kier alpha value is -3.69. The van der Waals surface area contributed by atoms with Crippen LogP contribution in [0.15, 0.2) is 103 Å². The molecule has 4 aromatic carbocycles. The van der Waals surface area contributed by atoms with Crippen LogP contribution in [0.2, 0.25) is 0 Å². The molecule has 4 aromatic rings. The highest BCUT2D eigenvalue weighted by atomic mass is 35.5. The highest BCUT2D eigenvalue weighted by molar-refractivity contribution is 6.18. The predicted octanol–water partition coefficient (Wildman–Crippen LogP) is 7.57. The van der Waals surface area contributed by atoms with Crippen LogP contribution in [0.25, 0.3) is 11.1 Å². The second-order valence-electron chi connectivity index (χ2n) is 7.87. The van der Waals surface area contributed by atoms with E-state index in [2.05, 4.69) is 24.3 Å². The fraction of sp³-hybridized carbons (Fsp3) is 0.133. The molecule has 0 saturated carbocycles. The Morgan fingerprint density at radius 2 is 1.29 bits per heavy atom. The number of alkyl halides is 1. The lowest BCUT2D eigenvalue weighted by molar-refractivity contribution is 0.306. The van der Waals surface area contributed by atoms with Gasteiger partial charge in [0.15, 0.2) is 0 Å². The third-order valence-electron chi connectivity index (χ3n) is 5.63. The summed E-state index contributed by atoms with van der Waals surface area (Å²) in [7, 11) is 1.66. The van der Waals surface area contributed by atoms with E-state index in [1.807, 2.05) is 66.7 Å². The number of ether oxygens (including phenoxy) is 2. The van der Waals surface area contributed by atoms with Crippen molar-refractivity contribution in [3.8, 4) is 17.2 Å². The summed E-state index contributed by atoms with van der Waals surface area (Å²) in [5.74, 6) is 2.37. The zero-order valence-corrected chi connectivity index (χ0v) is 19.8. The predicted molar refractivity (Wildman–Crippen MR) is 140 cm³/mol. The van der Waals surface area contributed by atoms with Crippen molar-refractivity contribution in [1.29, 1.82) is 0 Å². The molecule has 0 saturated heterocycles. The molecule has 0 heterocycles. The first-order chi connectivity index (χ1) is 16.7. The van der Waals surface area contributed by atoms with Gasteiger partial charge in [-0.2, -0.15) is 0 Å². The lowest BCUT2D eigenvalue weighted by atomic mass is 9.88.